The Labute approximate surface area is 101 Å². The highest BCUT2D eigenvalue weighted by atomic mass is 32.2. The van der Waals surface area contributed by atoms with Gasteiger partial charge in [0.1, 0.15) is 6.54 Å². The third kappa shape index (κ3) is 6.00. The molecule has 0 spiro atoms. The topological polar surface area (TPSA) is 55.4 Å². The number of carbonyl (C=O) groups excluding carboxylic acids is 2. The molecule has 16 heavy (non-hydrogen) atoms. The van der Waals surface area contributed by atoms with Gasteiger partial charge in [-0.05, 0) is 26.0 Å². The van der Waals surface area contributed by atoms with Crippen LogP contribution in [0, 0.1) is 0 Å². The summed E-state index contributed by atoms with van der Waals surface area (Å²) < 4.78 is 3.95. The predicted octanol–water partition coefficient (Wildman–Crippen LogP) is 1.59. The predicted molar refractivity (Wildman–Crippen MR) is 66.5 cm³/mol. The van der Waals surface area contributed by atoms with Crippen molar-refractivity contribution in [3.63, 3.8) is 0 Å². The molecule has 0 fully saturated rings. The number of thioether (sulfide) groups is 1. The maximum atomic E-state index is 11.7. The highest BCUT2D eigenvalue weighted by Gasteiger charge is 2.27. The number of hydrogen-bond donors (Lipinski definition) is 1. The number of nitrogens with one attached hydrogen (secondary N) is 1. The van der Waals surface area contributed by atoms with Gasteiger partial charge in [0.2, 0.25) is 5.91 Å². The molecule has 0 aliphatic heterocycles. The number of carbonyl (C=O) groups is 2. The molecule has 0 radical (unpaired) electrons. The molecule has 0 rings (SSSR count). The highest BCUT2D eigenvalue weighted by Crippen LogP contribution is 2.25. The summed E-state index contributed by atoms with van der Waals surface area (Å²) in [7, 11) is 1.30. The molecule has 94 valence electrons. The van der Waals surface area contributed by atoms with Crippen molar-refractivity contribution >= 4 is 23.6 Å². The first-order valence-electron chi connectivity index (χ1n) is 5.43. The van der Waals surface area contributed by atoms with Crippen molar-refractivity contribution in [2.45, 2.75) is 38.4 Å². The van der Waals surface area contributed by atoms with E-state index in [0.717, 1.165) is 18.6 Å². The Balaban J connectivity index is 3.98. The average Bonchev–Trinajstić information content (AvgIpc) is 2.25. The van der Waals surface area contributed by atoms with Crippen LogP contribution >= 0.6 is 11.8 Å². The van der Waals surface area contributed by atoms with Crippen LogP contribution in [0.2, 0.25) is 0 Å². The van der Waals surface area contributed by atoms with Crippen LogP contribution in [0.25, 0.3) is 0 Å². The molecule has 0 aliphatic carbocycles. The van der Waals surface area contributed by atoms with Crippen LogP contribution in [-0.4, -0.2) is 36.0 Å². The minimum Gasteiger partial charge on any atom is -0.468 e. The van der Waals surface area contributed by atoms with Crippen molar-refractivity contribution in [2.24, 2.45) is 0 Å². The van der Waals surface area contributed by atoms with Crippen LogP contribution < -0.4 is 5.32 Å². The van der Waals surface area contributed by atoms with Gasteiger partial charge in [-0.2, -0.15) is 0 Å². The van der Waals surface area contributed by atoms with E-state index in [1.54, 1.807) is 11.8 Å². The third-order valence-corrected chi connectivity index (χ3v) is 3.53. The fourth-order valence-corrected chi connectivity index (χ4v) is 2.12. The summed E-state index contributed by atoms with van der Waals surface area (Å²) in [4.78, 5) is 22.6. The Morgan fingerprint density at radius 2 is 2.00 bits per heavy atom. The van der Waals surface area contributed by atoms with Crippen LogP contribution in [0.15, 0.2) is 0 Å². The molecule has 0 aromatic heterocycles. The number of methoxy groups -OCH3 is 1. The van der Waals surface area contributed by atoms with Gasteiger partial charge in [0, 0.05) is 0 Å². The van der Waals surface area contributed by atoms with Crippen molar-refractivity contribution in [1.82, 2.24) is 5.32 Å². The van der Waals surface area contributed by atoms with Crippen LogP contribution in [0.4, 0.5) is 0 Å². The Bertz CT molecular complexity index is 241. The fraction of sp³-hybridized carbons (Fsp3) is 0.818. The minimum atomic E-state index is -0.497. The quantitative estimate of drug-likeness (QED) is 0.548. The number of unbranched alkanes of at least 4 members (excludes halogenated alkanes) is 1. The molecule has 1 amide bonds. The summed E-state index contributed by atoms with van der Waals surface area (Å²) in [6.45, 7) is 5.78. The molecule has 4 nitrogen and oxygen atoms in total. The molecule has 0 saturated carbocycles. The molecule has 1 N–H and O–H groups in total. The van der Waals surface area contributed by atoms with Crippen molar-refractivity contribution in [3.05, 3.63) is 0 Å². The number of esters is 1. The van der Waals surface area contributed by atoms with Gasteiger partial charge < -0.3 is 10.1 Å². The maximum Gasteiger partial charge on any atom is 0.325 e. The lowest BCUT2D eigenvalue weighted by Gasteiger charge is -2.22. The lowest BCUT2D eigenvalue weighted by atomic mass is 10.2. The zero-order valence-electron chi connectivity index (χ0n) is 10.5. The van der Waals surface area contributed by atoms with Gasteiger partial charge in [-0.3, -0.25) is 9.59 Å². The molecule has 5 heteroatoms. The zero-order chi connectivity index (χ0) is 12.6. The summed E-state index contributed by atoms with van der Waals surface area (Å²) in [5.41, 5.74) is 0. The van der Waals surface area contributed by atoms with Crippen LogP contribution in [-0.2, 0) is 14.3 Å². The van der Waals surface area contributed by atoms with Gasteiger partial charge >= 0.3 is 5.97 Å². The second-order valence-corrected chi connectivity index (χ2v) is 5.69. The van der Waals surface area contributed by atoms with E-state index in [1.165, 1.54) is 7.11 Å². The molecule has 0 unspecified atom stereocenters. The molecular formula is C11H21NO3S. The maximum absolute atomic E-state index is 11.7. The summed E-state index contributed by atoms with van der Waals surface area (Å²) >= 11 is 1.61. The molecule has 0 aliphatic rings. The van der Waals surface area contributed by atoms with E-state index in [1.807, 2.05) is 13.8 Å². The second-order valence-electron chi connectivity index (χ2n) is 3.97. The largest absolute Gasteiger partial charge is 0.468 e. The van der Waals surface area contributed by atoms with E-state index in [4.69, 9.17) is 0 Å². The van der Waals surface area contributed by atoms with E-state index in [2.05, 4.69) is 17.0 Å². The normalized spacial score (nSPS) is 11.0. The van der Waals surface area contributed by atoms with E-state index in [9.17, 15) is 9.59 Å². The van der Waals surface area contributed by atoms with Crippen molar-refractivity contribution in [3.8, 4) is 0 Å². The number of rotatable bonds is 7. The van der Waals surface area contributed by atoms with Crippen molar-refractivity contribution in [2.75, 3.05) is 19.4 Å². The van der Waals surface area contributed by atoms with Gasteiger partial charge in [0.25, 0.3) is 0 Å². The first kappa shape index (κ1) is 15.3. The van der Waals surface area contributed by atoms with Gasteiger partial charge in [0.15, 0.2) is 0 Å². The lowest BCUT2D eigenvalue weighted by Crippen LogP contribution is -2.42. The van der Waals surface area contributed by atoms with Crippen LogP contribution in [0.5, 0.6) is 0 Å². The molecule has 0 heterocycles. The van der Waals surface area contributed by atoms with Crippen molar-refractivity contribution in [1.29, 1.82) is 0 Å². The number of amides is 1. The van der Waals surface area contributed by atoms with Crippen molar-refractivity contribution < 1.29 is 14.3 Å². The lowest BCUT2D eigenvalue weighted by molar-refractivity contribution is -0.141. The van der Waals surface area contributed by atoms with Crippen LogP contribution in [0.3, 0.4) is 0 Å². The van der Waals surface area contributed by atoms with Crippen LogP contribution in [0.1, 0.15) is 33.6 Å². The van der Waals surface area contributed by atoms with E-state index < -0.39 is 10.7 Å². The molecular weight excluding hydrogens is 226 g/mol. The first-order chi connectivity index (χ1) is 7.44. The summed E-state index contributed by atoms with van der Waals surface area (Å²) in [5.74, 6) is 0.400. The fourth-order valence-electron chi connectivity index (χ4n) is 0.975. The van der Waals surface area contributed by atoms with E-state index in [-0.39, 0.29) is 12.5 Å². The second kappa shape index (κ2) is 7.54. The van der Waals surface area contributed by atoms with E-state index >= 15 is 0 Å². The van der Waals surface area contributed by atoms with Gasteiger partial charge in [-0.25, -0.2) is 0 Å². The monoisotopic (exact) mass is 247 g/mol. The minimum absolute atomic E-state index is 0.0624. The number of hydrogen-bond acceptors (Lipinski definition) is 4. The average molecular weight is 247 g/mol. The zero-order valence-corrected chi connectivity index (χ0v) is 11.3. The van der Waals surface area contributed by atoms with Gasteiger partial charge in [-0.15, -0.1) is 11.8 Å². The third-order valence-electron chi connectivity index (χ3n) is 2.13. The molecule has 0 atom stereocenters. The van der Waals surface area contributed by atoms with Gasteiger partial charge in [0.05, 0.1) is 11.9 Å². The standard InChI is InChI=1S/C11H21NO3S/c1-5-6-7-16-11(2,3)10(14)12-8-9(13)15-4/h5-8H2,1-4H3,(H,12,14). The Kier molecular flexibility index (Phi) is 7.21. The summed E-state index contributed by atoms with van der Waals surface area (Å²) in [5, 5.41) is 2.57. The van der Waals surface area contributed by atoms with E-state index in [0.29, 0.717) is 0 Å². The highest BCUT2D eigenvalue weighted by molar-refractivity contribution is 8.01. The number of ether oxygens (including phenoxy) is 1. The Morgan fingerprint density at radius 1 is 1.38 bits per heavy atom. The molecule has 0 aromatic carbocycles. The van der Waals surface area contributed by atoms with Gasteiger partial charge in [-0.1, -0.05) is 13.3 Å². The molecule has 0 bridgehead atoms. The molecule has 0 saturated heterocycles. The summed E-state index contributed by atoms with van der Waals surface area (Å²) in [6, 6.07) is 0. The Hall–Kier alpha value is -0.710. The molecule has 0 aromatic rings. The smallest absolute Gasteiger partial charge is 0.325 e. The summed E-state index contributed by atoms with van der Waals surface area (Å²) in [6.07, 6.45) is 2.21. The SMILES string of the molecule is CCCCSC(C)(C)C(=O)NCC(=O)OC. The Morgan fingerprint density at radius 3 is 2.50 bits per heavy atom. The first-order valence-corrected chi connectivity index (χ1v) is 6.41.